The zero-order valence-electron chi connectivity index (χ0n) is 11.5. The Morgan fingerprint density at radius 2 is 1.84 bits per heavy atom. The summed E-state index contributed by atoms with van der Waals surface area (Å²) < 4.78 is 0. The first kappa shape index (κ1) is 13.7. The summed E-state index contributed by atoms with van der Waals surface area (Å²) in [5.41, 5.74) is 1.05. The van der Waals surface area contributed by atoms with Crippen LogP contribution in [0.25, 0.3) is 0 Å². The number of anilines is 2. The van der Waals surface area contributed by atoms with Crippen molar-refractivity contribution in [2.45, 2.75) is 33.7 Å². The van der Waals surface area contributed by atoms with Crippen LogP contribution in [-0.4, -0.2) is 21.5 Å². The highest BCUT2D eigenvalue weighted by Crippen LogP contribution is 2.14. The van der Waals surface area contributed by atoms with E-state index in [0.717, 1.165) is 41.1 Å². The molecule has 0 radical (unpaired) electrons. The van der Waals surface area contributed by atoms with Gasteiger partial charge in [-0.1, -0.05) is 6.92 Å². The van der Waals surface area contributed by atoms with Gasteiger partial charge in [0.1, 0.15) is 17.5 Å². The molecule has 0 unspecified atom stereocenters. The highest BCUT2D eigenvalue weighted by molar-refractivity contribution is 7.09. The van der Waals surface area contributed by atoms with E-state index in [0.29, 0.717) is 6.54 Å². The van der Waals surface area contributed by atoms with Crippen LogP contribution in [0.3, 0.4) is 0 Å². The molecule has 0 aliphatic carbocycles. The van der Waals surface area contributed by atoms with Crippen LogP contribution < -0.4 is 10.6 Å². The fraction of sp³-hybridized carbons (Fsp3) is 0.462. The molecule has 2 aromatic rings. The van der Waals surface area contributed by atoms with Gasteiger partial charge in [0.25, 0.3) is 0 Å². The first-order chi connectivity index (χ1) is 9.21. The van der Waals surface area contributed by atoms with Gasteiger partial charge in [0.2, 0.25) is 0 Å². The Hall–Kier alpha value is -1.69. The van der Waals surface area contributed by atoms with Crippen LogP contribution in [0.5, 0.6) is 0 Å². The van der Waals surface area contributed by atoms with Gasteiger partial charge in [-0.15, -0.1) is 11.3 Å². The van der Waals surface area contributed by atoms with Gasteiger partial charge in [0.05, 0.1) is 17.2 Å². The maximum absolute atomic E-state index is 4.47. The number of nitrogens with zero attached hydrogens (tertiary/aromatic N) is 3. The second-order valence-corrected chi connectivity index (χ2v) is 5.21. The third-order valence-corrected chi connectivity index (χ3v) is 3.39. The molecule has 6 heteroatoms. The molecule has 0 aromatic carbocycles. The zero-order chi connectivity index (χ0) is 13.7. The van der Waals surface area contributed by atoms with Gasteiger partial charge < -0.3 is 10.6 Å². The Kier molecular flexibility index (Phi) is 4.68. The molecular weight excluding hydrogens is 258 g/mol. The van der Waals surface area contributed by atoms with E-state index < -0.39 is 0 Å². The summed E-state index contributed by atoms with van der Waals surface area (Å²) in [6.07, 6.45) is 0.823. The van der Waals surface area contributed by atoms with Gasteiger partial charge in [-0.05, 0) is 13.8 Å². The third-order valence-electron chi connectivity index (χ3n) is 2.56. The fourth-order valence-electron chi connectivity index (χ4n) is 1.69. The summed E-state index contributed by atoms with van der Waals surface area (Å²) in [5.74, 6) is 2.55. The summed E-state index contributed by atoms with van der Waals surface area (Å²) >= 11 is 1.66. The Bertz CT molecular complexity index is 538. The second kappa shape index (κ2) is 6.47. The predicted molar refractivity (Wildman–Crippen MR) is 79.8 cm³/mol. The minimum absolute atomic E-state index is 0.691. The predicted octanol–water partition coefficient (Wildman–Crippen LogP) is 2.85. The van der Waals surface area contributed by atoms with Gasteiger partial charge in [0, 0.05) is 24.4 Å². The van der Waals surface area contributed by atoms with Crippen LogP contribution in [0.2, 0.25) is 0 Å². The van der Waals surface area contributed by atoms with Crippen molar-refractivity contribution < 1.29 is 0 Å². The number of nitrogens with one attached hydrogen (secondary N) is 2. The van der Waals surface area contributed by atoms with Gasteiger partial charge >= 0.3 is 0 Å². The van der Waals surface area contributed by atoms with Crippen molar-refractivity contribution in [2.24, 2.45) is 0 Å². The second-order valence-electron chi connectivity index (χ2n) is 4.15. The van der Waals surface area contributed by atoms with Crippen molar-refractivity contribution in [3.05, 3.63) is 28.0 Å². The Labute approximate surface area is 117 Å². The minimum Gasteiger partial charge on any atom is -0.370 e. The first-order valence-corrected chi connectivity index (χ1v) is 7.36. The average molecular weight is 277 g/mol. The molecule has 2 heterocycles. The molecule has 102 valence electrons. The highest BCUT2D eigenvalue weighted by atomic mass is 32.1. The summed E-state index contributed by atoms with van der Waals surface area (Å²) in [7, 11) is 0. The lowest BCUT2D eigenvalue weighted by Crippen LogP contribution is -2.08. The molecule has 2 rings (SSSR count). The summed E-state index contributed by atoms with van der Waals surface area (Å²) in [6.45, 7) is 7.66. The Balaban J connectivity index is 2.08. The number of thiazole rings is 1. The summed E-state index contributed by atoms with van der Waals surface area (Å²) in [5, 5.41) is 9.67. The number of rotatable bonds is 6. The molecule has 0 saturated heterocycles. The first-order valence-electron chi connectivity index (χ1n) is 6.48. The Morgan fingerprint density at radius 1 is 1.11 bits per heavy atom. The SMILES string of the molecule is CCNc1cc(NCc2csc(C)n2)nc(CC)n1. The fourth-order valence-corrected chi connectivity index (χ4v) is 2.30. The quantitative estimate of drug-likeness (QED) is 0.850. The topological polar surface area (TPSA) is 62.7 Å². The highest BCUT2D eigenvalue weighted by Gasteiger charge is 2.04. The summed E-state index contributed by atoms with van der Waals surface area (Å²) in [4.78, 5) is 13.3. The normalized spacial score (nSPS) is 10.5. The van der Waals surface area contributed by atoms with Crippen LogP contribution in [-0.2, 0) is 13.0 Å². The number of hydrogen-bond acceptors (Lipinski definition) is 6. The molecule has 0 aliphatic heterocycles. The van der Waals surface area contributed by atoms with Crippen LogP contribution in [0, 0.1) is 6.92 Å². The summed E-state index contributed by atoms with van der Waals surface area (Å²) in [6, 6.07) is 1.93. The monoisotopic (exact) mass is 277 g/mol. The van der Waals surface area contributed by atoms with E-state index in [1.165, 1.54) is 0 Å². The van der Waals surface area contributed by atoms with Gasteiger partial charge in [-0.2, -0.15) is 0 Å². The molecule has 2 aromatic heterocycles. The zero-order valence-corrected chi connectivity index (χ0v) is 12.3. The molecule has 2 N–H and O–H groups in total. The average Bonchev–Trinajstić information content (AvgIpc) is 2.82. The molecule has 0 aliphatic rings. The molecule has 0 spiro atoms. The third kappa shape index (κ3) is 3.89. The molecule has 5 nitrogen and oxygen atoms in total. The van der Waals surface area contributed by atoms with Crippen LogP contribution in [0.4, 0.5) is 11.6 Å². The van der Waals surface area contributed by atoms with E-state index >= 15 is 0 Å². The lowest BCUT2D eigenvalue weighted by molar-refractivity contribution is 0.925. The maximum atomic E-state index is 4.47. The maximum Gasteiger partial charge on any atom is 0.132 e. The number of aryl methyl sites for hydroxylation is 2. The van der Waals surface area contributed by atoms with Crippen LogP contribution >= 0.6 is 11.3 Å². The Morgan fingerprint density at radius 3 is 2.42 bits per heavy atom. The van der Waals surface area contributed by atoms with E-state index in [9.17, 15) is 0 Å². The van der Waals surface area contributed by atoms with E-state index in [2.05, 4.69) is 44.8 Å². The van der Waals surface area contributed by atoms with E-state index in [4.69, 9.17) is 0 Å². The van der Waals surface area contributed by atoms with Crippen molar-refractivity contribution in [3.8, 4) is 0 Å². The lowest BCUT2D eigenvalue weighted by Gasteiger charge is -2.09. The standard InChI is InChI=1S/C13H19N5S/c1-4-11-17-12(14-5-2)6-13(18-11)15-7-10-8-19-9(3)16-10/h6,8H,4-5,7H2,1-3H3,(H2,14,15,17,18). The van der Waals surface area contributed by atoms with Crippen molar-refractivity contribution in [2.75, 3.05) is 17.2 Å². The minimum atomic E-state index is 0.691. The van der Waals surface area contributed by atoms with Crippen LogP contribution in [0.1, 0.15) is 30.4 Å². The van der Waals surface area contributed by atoms with E-state index in [1.54, 1.807) is 11.3 Å². The molecule has 0 bridgehead atoms. The smallest absolute Gasteiger partial charge is 0.132 e. The van der Waals surface area contributed by atoms with E-state index in [-0.39, 0.29) is 0 Å². The van der Waals surface area contributed by atoms with Crippen LogP contribution in [0.15, 0.2) is 11.4 Å². The molecule has 0 fully saturated rings. The van der Waals surface area contributed by atoms with Gasteiger partial charge in [-0.3, -0.25) is 0 Å². The van der Waals surface area contributed by atoms with Gasteiger partial charge in [0.15, 0.2) is 0 Å². The molecule has 0 saturated carbocycles. The number of hydrogen-bond donors (Lipinski definition) is 2. The van der Waals surface area contributed by atoms with Crippen molar-refractivity contribution in [1.82, 2.24) is 15.0 Å². The molecule has 0 amide bonds. The van der Waals surface area contributed by atoms with Crippen molar-refractivity contribution in [1.29, 1.82) is 0 Å². The molecule has 19 heavy (non-hydrogen) atoms. The van der Waals surface area contributed by atoms with E-state index in [1.807, 2.05) is 13.0 Å². The van der Waals surface area contributed by atoms with Crippen molar-refractivity contribution in [3.63, 3.8) is 0 Å². The van der Waals surface area contributed by atoms with Crippen molar-refractivity contribution >= 4 is 23.0 Å². The van der Waals surface area contributed by atoms with Gasteiger partial charge in [-0.25, -0.2) is 15.0 Å². The molecular formula is C13H19N5S. The number of aromatic nitrogens is 3. The molecule has 0 atom stereocenters. The lowest BCUT2D eigenvalue weighted by atomic mass is 10.4. The largest absolute Gasteiger partial charge is 0.370 e.